The monoisotopic (exact) mass is 198 g/mol. The molecule has 0 spiro atoms. The second-order valence-corrected chi connectivity index (χ2v) is 2.98. The molecule has 0 radical (unpaired) electrons. The molecule has 0 fully saturated rings. The van der Waals surface area contributed by atoms with Gasteiger partial charge in [-0.15, -0.1) is 0 Å². The Morgan fingerprint density at radius 2 is 1.85 bits per heavy atom. The normalized spacial score (nSPS) is 12.5. The molecular weight excluding hydrogens is 184 g/mol. The van der Waals surface area contributed by atoms with Crippen molar-refractivity contribution in [1.29, 1.82) is 0 Å². The van der Waals surface area contributed by atoms with Crippen molar-refractivity contribution in [2.24, 2.45) is 0 Å². The number of para-hydroxylation sites is 2. The van der Waals surface area contributed by atoms with Crippen molar-refractivity contribution in [1.82, 2.24) is 0 Å². The largest absolute Gasteiger partial charge is 0.551 e. The zero-order valence-electron chi connectivity index (χ0n) is 8.11. The molecule has 0 aliphatic rings. The van der Waals surface area contributed by atoms with Crippen LogP contribution in [0.2, 0.25) is 0 Å². The first kappa shape index (κ1) is 10.1. The standard InChI is InChI=1S/C9H14O3Si/c1-7(10-2)11-8-5-3-4-6-9(8)12-13/h3-7H,1-2,13H3. The third-order valence-corrected chi connectivity index (χ3v) is 2.13. The molecule has 0 N–H and O–H groups in total. The summed E-state index contributed by atoms with van der Waals surface area (Å²) in [4.78, 5) is 0. The van der Waals surface area contributed by atoms with Crippen LogP contribution in [0.4, 0.5) is 0 Å². The molecule has 4 heteroatoms. The first-order chi connectivity index (χ1) is 6.27. The van der Waals surface area contributed by atoms with Gasteiger partial charge < -0.3 is 13.9 Å². The van der Waals surface area contributed by atoms with Crippen molar-refractivity contribution in [3.63, 3.8) is 0 Å². The molecule has 0 aliphatic carbocycles. The van der Waals surface area contributed by atoms with Crippen molar-refractivity contribution in [2.75, 3.05) is 7.11 Å². The van der Waals surface area contributed by atoms with Gasteiger partial charge in [-0.1, -0.05) is 12.1 Å². The topological polar surface area (TPSA) is 27.7 Å². The summed E-state index contributed by atoms with van der Waals surface area (Å²) < 4.78 is 15.7. The van der Waals surface area contributed by atoms with Gasteiger partial charge in [0.05, 0.1) is 0 Å². The smallest absolute Gasteiger partial charge is 0.204 e. The van der Waals surface area contributed by atoms with Crippen LogP contribution in [0, 0.1) is 0 Å². The van der Waals surface area contributed by atoms with E-state index in [2.05, 4.69) is 0 Å². The van der Waals surface area contributed by atoms with Gasteiger partial charge in [0, 0.05) is 7.11 Å². The molecule has 1 unspecified atom stereocenters. The summed E-state index contributed by atoms with van der Waals surface area (Å²) in [5, 5.41) is 0. The van der Waals surface area contributed by atoms with E-state index in [0.29, 0.717) is 10.5 Å². The third kappa shape index (κ3) is 2.75. The summed E-state index contributed by atoms with van der Waals surface area (Å²) >= 11 is 0. The molecule has 0 heterocycles. The maximum atomic E-state index is 5.46. The summed E-state index contributed by atoms with van der Waals surface area (Å²) in [6.45, 7) is 1.84. The highest BCUT2D eigenvalue weighted by atomic mass is 28.2. The van der Waals surface area contributed by atoms with Crippen LogP contribution < -0.4 is 9.16 Å². The van der Waals surface area contributed by atoms with E-state index in [0.717, 1.165) is 11.5 Å². The Morgan fingerprint density at radius 3 is 2.38 bits per heavy atom. The van der Waals surface area contributed by atoms with E-state index in [-0.39, 0.29) is 6.29 Å². The van der Waals surface area contributed by atoms with Gasteiger partial charge >= 0.3 is 0 Å². The average Bonchev–Trinajstić information content (AvgIpc) is 2.18. The van der Waals surface area contributed by atoms with Gasteiger partial charge in [0.15, 0.2) is 12.0 Å². The molecule has 0 aromatic heterocycles. The molecule has 0 amide bonds. The van der Waals surface area contributed by atoms with E-state index in [1.165, 1.54) is 0 Å². The molecule has 0 aliphatic heterocycles. The lowest BCUT2D eigenvalue weighted by atomic mass is 10.3. The maximum absolute atomic E-state index is 5.46. The van der Waals surface area contributed by atoms with Gasteiger partial charge in [0.2, 0.25) is 10.5 Å². The summed E-state index contributed by atoms with van der Waals surface area (Å²) in [6.07, 6.45) is -0.252. The molecule has 72 valence electrons. The second kappa shape index (κ2) is 4.89. The van der Waals surface area contributed by atoms with Crippen LogP contribution in [0.5, 0.6) is 11.5 Å². The number of hydrogen-bond acceptors (Lipinski definition) is 3. The summed E-state index contributed by atoms with van der Waals surface area (Å²) in [7, 11) is 2.26. The molecule has 3 nitrogen and oxygen atoms in total. The molecule has 1 aromatic carbocycles. The Kier molecular flexibility index (Phi) is 3.79. The lowest BCUT2D eigenvalue weighted by Crippen LogP contribution is -2.14. The van der Waals surface area contributed by atoms with Crippen molar-refractivity contribution >= 4 is 10.5 Å². The Labute approximate surface area is 81.2 Å². The molecular formula is C9H14O3Si. The van der Waals surface area contributed by atoms with Gasteiger partial charge in [-0.05, 0) is 19.1 Å². The Balaban J connectivity index is 2.74. The quantitative estimate of drug-likeness (QED) is 0.527. The first-order valence-electron chi connectivity index (χ1n) is 4.10. The Morgan fingerprint density at radius 1 is 1.23 bits per heavy atom. The highest BCUT2D eigenvalue weighted by Gasteiger charge is 2.05. The predicted molar refractivity (Wildman–Crippen MR) is 54.1 cm³/mol. The van der Waals surface area contributed by atoms with Crippen molar-refractivity contribution in [2.45, 2.75) is 13.2 Å². The summed E-state index contributed by atoms with van der Waals surface area (Å²) in [5.41, 5.74) is 0. The van der Waals surface area contributed by atoms with E-state index >= 15 is 0 Å². The van der Waals surface area contributed by atoms with Gasteiger partial charge in [0.25, 0.3) is 0 Å². The average molecular weight is 198 g/mol. The fourth-order valence-electron chi connectivity index (χ4n) is 0.943. The lowest BCUT2D eigenvalue weighted by Gasteiger charge is -2.15. The highest BCUT2D eigenvalue weighted by molar-refractivity contribution is 6.00. The molecule has 1 aromatic rings. The van der Waals surface area contributed by atoms with Gasteiger partial charge in [-0.25, -0.2) is 0 Å². The van der Waals surface area contributed by atoms with Gasteiger partial charge in [0.1, 0.15) is 5.75 Å². The fraction of sp³-hybridized carbons (Fsp3) is 0.333. The zero-order valence-corrected chi connectivity index (χ0v) is 10.1. The fourth-order valence-corrected chi connectivity index (χ4v) is 1.28. The van der Waals surface area contributed by atoms with Crippen LogP contribution in [-0.4, -0.2) is 23.9 Å². The van der Waals surface area contributed by atoms with E-state index < -0.39 is 0 Å². The predicted octanol–water partition coefficient (Wildman–Crippen LogP) is 0.717. The molecule has 0 saturated carbocycles. The van der Waals surface area contributed by atoms with Gasteiger partial charge in [-0.2, -0.15) is 0 Å². The summed E-state index contributed by atoms with van der Waals surface area (Å²) in [6, 6.07) is 7.56. The van der Waals surface area contributed by atoms with E-state index in [9.17, 15) is 0 Å². The number of rotatable bonds is 4. The third-order valence-electron chi connectivity index (χ3n) is 1.69. The Hall–Kier alpha value is -1.00. The minimum atomic E-state index is -0.252. The molecule has 1 rings (SSSR count). The minimum absolute atomic E-state index is 0.252. The maximum Gasteiger partial charge on any atom is 0.204 e. The molecule has 13 heavy (non-hydrogen) atoms. The van der Waals surface area contributed by atoms with Crippen molar-refractivity contribution < 1.29 is 13.9 Å². The highest BCUT2D eigenvalue weighted by Crippen LogP contribution is 2.26. The van der Waals surface area contributed by atoms with E-state index in [1.54, 1.807) is 7.11 Å². The van der Waals surface area contributed by atoms with Crippen molar-refractivity contribution in [3.05, 3.63) is 24.3 Å². The number of hydrogen-bond donors (Lipinski definition) is 0. The van der Waals surface area contributed by atoms with Crippen LogP contribution >= 0.6 is 0 Å². The minimum Gasteiger partial charge on any atom is -0.551 e. The second-order valence-electron chi connectivity index (χ2n) is 2.57. The molecule has 1 atom stereocenters. The Bertz CT molecular complexity index is 265. The van der Waals surface area contributed by atoms with Crippen molar-refractivity contribution in [3.8, 4) is 11.5 Å². The summed E-state index contributed by atoms with van der Waals surface area (Å²) in [5.74, 6) is 1.50. The first-order valence-corrected chi connectivity index (χ1v) is 4.92. The number of benzene rings is 1. The van der Waals surface area contributed by atoms with Crippen LogP contribution in [0.1, 0.15) is 6.92 Å². The molecule has 0 saturated heterocycles. The lowest BCUT2D eigenvalue weighted by molar-refractivity contribution is -0.0390. The van der Waals surface area contributed by atoms with E-state index in [4.69, 9.17) is 13.9 Å². The van der Waals surface area contributed by atoms with E-state index in [1.807, 2.05) is 31.2 Å². The number of methoxy groups -OCH3 is 1. The number of ether oxygens (including phenoxy) is 2. The van der Waals surface area contributed by atoms with Gasteiger partial charge in [-0.3, -0.25) is 0 Å². The van der Waals surface area contributed by atoms with Crippen LogP contribution in [0.25, 0.3) is 0 Å². The van der Waals surface area contributed by atoms with Crippen LogP contribution in [-0.2, 0) is 4.74 Å². The van der Waals surface area contributed by atoms with Crippen LogP contribution in [0.3, 0.4) is 0 Å². The molecule has 0 bridgehead atoms. The zero-order chi connectivity index (χ0) is 9.68. The van der Waals surface area contributed by atoms with Crippen LogP contribution in [0.15, 0.2) is 24.3 Å². The SMILES string of the molecule is COC(C)Oc1ccccc1O[SiH3].